The highest BCUT2D eigenvalue weighted by atomic mass is 32.1. The Morgan fingerprint density at radius 2 is 2.22 bits per heavy atom. The van der Waals surface area contributed by atoms with Gasteiger partial charge in [0.15, 0.2) is 18.1 Å². The molecule has 0 bridgehead atoms. The van der Waals surface area contributed by atoms with E-state index in [0.717, 1.165) is 24.3 Å². The second-order valence-electron chi connectivity index (χ2n) is 4.96. The molecule has 2 aromatic rings. The molecule has 1 aromatic heterocycles. The molecule has 0 atom stereocenters. The van der Waals surface area contributed by atoms with E-state index in [9.17, 15) is 4.79 Å². The summed E-state index contributed by atoms with van der Waals surface area (Å²) in [6.07, 6.45) is 3.05. The van der Waals surface area contributed by atoms with E-state index in [4.69, 9.17) is 14.2 Å². The number of hydrogen-bond acceptors (Lipinski definition) is 7. The van der Waals surface area contributed by atoms with Gasteiger partial charge in [-0.05, 0) is 18.6 Å². The first-order valence-electron chi connectivity index (χ1n) is 7.39. The smallest absolute Gasteiger partial charge is 0.264 e. The summed E-state index contributed by atoms with van der Waals surface area (Å²) in [4.78, 5) is 11.9. The SMILES string of the molecule is CCCCc1nnc(NC(=O)COc2ccc3c(c2)OCO3)s1. The van der Waals surface area contributed by atoms with Crippen molar-refractivity contribution in [1.29, 1.82) is 0 Å². The highest BCUT2D eigenvalue weighted by Crippen LogP contribution is 2.35. The summed E-state index contributed by atoms with van der Waals surface area (Å²) in [5.74, 6) is 1.56. The van der Waals surface area contributed by atoms with Gasteiger partial charge in [-0.2, -0.15) is 0 Å². The zero-order valence-corrected chi connectivity index (χ0v) is 13.5. The first-order valence-corrected chi connectivity index (χ1v) is 8.21. The Morgan fingerprint density at radius 1 is 1.35 bits per heavy atom. The number of anilines is 1. The van der Waals surface area contributed by atoms with E-state index in [1.54, 1.807) is 18.2 Å². The number of aromatic nitrogens is 2. The molecule has 7 nitrogen and oxygen atoms in total. The van der Waals surface area contributed by atoms with Crippen molar-refractivity contribution in [2.45, 2.75) is 26.2 Å². The molecule has 0 saturated heterocycles. The van der Waals surface area contributed by atoms with E-state index in [1.807, 2.05) is 0 Å². The number of benzene rings is 1. The standard InChI is InChI=1S/C15H17N3O4S/c1-2-3-4-14-17-18-15(23-14)16-13(19)8-20-10-5-6-11-12(7-10)22-9-21-11/h5-7H,2-4,8-9H2,1H3,(H,16,18,19). The lowest BCUT2D eigenvalue weighted by atomic mass is 10.3. The molecule has 1 amide bonds. The number of ether oxygens (including phenoxy) is 3. The predicted molar refractivity (Wildman–Crippen MR) is 85.2 cm³/mol. The van der Waals surface area contributed by atoms with Crippen LogP contribution in [0.4, 0.5) is 5.13 Å². The zero-order chi connectivity index (χ0) is 16.1. The Kier molecular flexibility index (Phi) is 4.92. The lowest BCUT2D eigenvalue weighted by molar-refractivity contribution is -0.118. The maximum absolute atomic E-state index is 11.9. The number of aryl methyl sites for hydroxylation is 1. The normalized spacial score (nSPS) is 12.2. The Morgan fingerprint density at radius 3 is 3.09 bits per heavy atom. The third-order valence-corrected chi connectivity index (χ3v) is 4.07. The lowest BCUT2D eigenvalue weighted by Gasteiger charge is -2.06. The van der Waals surface area contributed by atoms with Gasteiger partial charge in [0.2, 0.25) is 11.9 Å². The third kappa shape index (κ3) is 4.10. The first kappa shape index (κ1) is 15.5. The molecule has 0 saturated carbocycles. The first-order chi connectivity index (χ1) is 11.2. The molecular weight excluding hydrogens is 318 g/mol. The molecule has 1 aliphatic heterocycles. The van der Waals surface area contributed by atoms with Crippen LogP contribution in [-0.4, -0.2) is 29.5 Å². The van der Waals surface area contributed by atoms with Gasteiger partial charge in [-0.3, -0.25) is 10.1 Å². The van der Waals surface area contributed by atoms with Gasteiger partial charge < -0.3 is 14.2 Å². The van der Waals surface area contributed by atoms with Gasteiger partial charge in [0.05, 0.1) is 0 Å². The van der Waals surface area contributed by atoms with Crippen molar-refractivity contribution in [2.75, 3.05) is 18.7 Å². The minimum absolute atomic E-state index is 0.108. The minimum atomic E-state index is -0.277. The van der Waals surface area contributed by atoms with Gasteiger partial charge in [-0.15, -0.1) is 10.2 Å². The summed E-state index contributed by atoms with van der Waals surface area (Å²) in [5.41, 5.74) is 0. The topological polar surface area (TPSA) is 82.6 Å². The average Bonchev–Trinajstić information content (AvgIpc) is 3.19. The molecule has 3 rings (SSSR count). The fourth-order valence-corrected chi connectivity index (χ4v) is 2.80. The molecule has 23 heavy (non-hydrogen) atoms. The Balaban J connectivity index is 1.48. The molecule has 8 heteroatoms. The molecule has 1 aliphatic rings. The number of nitrogens with one attached hydrogen (secondary N) is 1. The van der Waals surface area contributed by atoms with Crippen molar-refractivity contribution in [3.8, 4) is 17.2 Å². The molecule has 0 radical (unpaired) electrons. The van der Waals surface area contributed by atoms with Crippen LogP contribution in [0.15, 0.2) is 18.2 Å². The van der Waals surface area contributed by atoms with Crippen molar-refractivity contribution < 1.29 is 19.0 Å². The van der Waals surface area contributed by atoms with Crippen molar-refractivity contribution >= 4 is 22.4 Å². The third-order valence-electron chi connectivity index (χ3n) is 3.17. The molecule has 122 valence electrons. The van der Waals surface area contributed by atoms with Crippen LogP contribution in [0.5, 0.6) is 17.2 Å². The maximum Gasteiger partial charge on any atom is 0.264 e. The van der Waals surface area contributed by atoms with Crippen LogP contribution >= 0.6 is 11.3 Å². The fraction of sp³-hybridized carbons (Fsp3) is 0.400. The summed E-state index contributed by atoms with van der Waals surface area (Å²) >= 11 is 1.39. The molecule has 0 fully saturated rings. The lowest BCUT2D eigenvalue weighted by Crippen LogP contribution is -2.20. The maximum atomic E-state index is 11.9. The molecular formula is C15H17N3O4S. The second-order valence-corrected chi connectivity index (χ2v) is 6.02. The Bertz CT molecular complexity index is 689. The second kappa shape index (κ2) is 7.28. The van der Waals surface area contributed by atoms with E-state index in [0.29, 0.717) is 22.4 Å². The summed E-state index contributed by atoms with van der Waals surface area (Å²) in [7, 11) is 0. The monoisotopic (exact) mass is 335 g/mol. The van der Waals surface area contributed by atoms with Crippen molar-refractivity contribution in [3.63, 3.8) is 0 Å². The number of hydrogen-bond donors (Lipinski definition) is 1. The highest BCUT2D eigenvalue weighted by Gasteiger charge is 2.14. The summed E-state index contributed by atoms with van der Waals surface area (Å²) in [6, 6.07) is 5.18. The van der Waals surface area contributed by atoms with Crippen LogP contribution in [0, 0.1) is 0 Å². The van der Waals surface area contributed by atoms with E-state index < -0.39 is 0 Å². The number of carbonyl (C=O) groups is 1. The van der Waals surface area contributed by atoms with E-state index in [2.05, 4.69) is 22.4 Å². The highest BCUT2D eigenvalue weighted by molar-refractivity contribution is 7.15. The number of fused-ring (bicyclic) bond motifs is 1. The fourth-order valence-electron chi connectivity index (χ4n) is 2.00. The Hall–Kier alpha value is -2.35. The van der Waals surface area contributed by atoms with Crippen molar-refractivity contribution in [1.82, 2.24) is 10.2 Å². The van der Waals surface area contributed by atoms with Gasteiger partial charge in [0.25, 0.3) is 5.91 Å². The molecule has 0 unspecified atom stereocenters. The van der Waals surface area contributed by atoms with Gasteiger partial charge in [0.1, 0.15) is 10.8 Å². The van der Waals surface area contributed by atoms with E-state index >= 15 is 0 Å². The van der Waals surface area contributed by atoms with Crippen molar-refractivity contribution in [3.05, 3.63) is 23.2 Å². The van der Waals surface area contributed by atoms with Gasteiger partial charge in [0, 0.05) is 12.5 Å². The number of nitrogens with zero attached hydrogens (tertiary/aromatic N) is 2. The number of amides is 1. The molecule has 1 aromatic carbocycles. The molecule has 2 heterocycles. The van der Waals surface area contributed by atoms with Gasteiger partial charge >= 0.3 is 0 Å². The van der Waals surface area contributed by atoms with Crippen LogP contribution in [0.3, 0.4) is 0 Å². The summed E-state index contributed by atoms with van der Waals surface area (Å²) < 4.78 is 15.9. The van der Waals surface area contributed by atoms with Crippen LogP contribution in [-0.2, 0) is 11.2 Å². The minimum Gasteiger partial charge on any atom is -0.484 e. The van der Waals surface area contributed by atoms with Crippen LogP contribution < -0.4 is 19.5 Å². The van der Waals surface area contributed by atoms with Crippen molar-refractivity contribution in [2.24, 2.45) is 0 Å². The molecule has 0 spiro atoms. The number of carbonyl (C=O) groups excluding carboxylic acids is 1. The summed E-state index contributed by atoms with van der Waals surface area (Å²) in [6.45, 7) is 2.22. The molecule has 0 aliphatic carbocycles. The van der Waals surface area contributed by atoms with E-state index in [-0.39, 0.29) is 19.3 Å². The van der Waals surface area contributed by atoms with Crippen LogP contribution in [0.2, 0.25) is 0 Å². The average molecular weight is 335 g/mol. The Labute approximate surface area is 137 Å². The quantitative estimate of drug-likeness (QED) is 0.837. The summed E-state index contributed by atoms with van der Waals surface area (Å²) in [5, 5.41) is 12.1. The largest absolute Gasteiger partial charge is 0.484 e. The van der Waals surface area contributed by atoms with Crippen LogP contribution in [0.25, 0.3) is 0 Å². The van der Waals surface area contributed by atoms with Gasteiger partial charge in [-0.1, -0.05) is 24.7 Å². The van der Waals surface area contributed by atoms with Gasteiger partial charge in [-0.25, -0.2) is 0 Å². The number of unbranched alkanes of at least 4 members (excludes halogenated alkanes) is 1. The molecule has 1 N–H and O–H groups in total. The predicted octanol–water partition coefficient (Wildman–Crippen LogP) is 2.63. The zero-order valence-electron chi connectivity index (χ0n) is 12.7. The van der Waals surface area contributed by atoms with Crippen LogP contribution in [0.1, 0.15) is 24.8 Å². The van der Waals surface area contributed by atoms with E-state index in [1.165, 1.54) is 11.3 Å². The number of rotatable bonds is 7.